The number of nitrogens with zero attached hydrogens (tertiary/aromatic N) is 2. The SMILES string of the molecule is Cc1cccc(C(=O)NCCNc2ccccc2[N+](=O)[O-])c1[N+](=O)[O-]. The number of anilines is 1. The number of benzene rings is 2. The molecule has 0 radical (unpaired) electrons. The van der Waals surface area contributed by atoms with E-state index >= 15 is 0 Å². The van der Waals surface area contributed by atoms with Gasteiger partial charge in [0.2, 0.25) is 0 Å². The van der Waals surface area contributed by atoms with Crippen LogP contribution < -0.4 is 10.6 Å². The van der Waals surface area contributed by atoms with E-state index in [1.165, 1.54) is 12.1 Å². The maximum absolute atomic E-state index is 12.2. The summed E-state index contributed by atoms with van der Waals surface area (Å²) in [6.07, 6.45) is 0. The Labute approximate surface area is 143 Å². The van der Waals surface area contributed by atoms with Gasteiger partial charge in [-0.15, -0.1) is 0 Å². The maximum atomic E-state index is 12.2. The molecule has 0 bridgehead atoms. The van der Waals surface area contributed by atoms with E-state index in [9.17, 15) is 25.0 Å². The fraction of sp³-hybridized carbons (Fsp3) is 0.188. The fourth-order valence-electron chi connectivity index (χ4n) is 2.34. The van der Waals surface area contributed by atoms with Gasteiger partial charge in [-0.05, 0) is 19.1 Å². The van der Waals surface area contributed by atoms with Crippen LogP contribution in [0.15, 0.2) is 42.5 Å². The highest BCUT2D eigenvalue weighted by Crippen LogP contribution is 2.23. The molecule has 25 heavy (non-hydrogen) atoms. The van der Waals surface area contributed by atoms with Crippen LogP contribution >= 0.6 is 0 Å². The van der Waals surface area contributed by atoms with Gasteiger partial charge in [0.25, 0.3) is 17.3 Å². The number of rotatable bonds is 7. The highest BCUT2D eigenvalue weighted by Gasteiger charge is 2.22. The third-order valence-corrected chi connectivity index (χ3v) is 3.49. The summed E-state index contributed by atoms with van der Waals surface area (Å²) in [5.41, 5.74) is 0.421. The largest absolute Gasteiger partial charge is 0.378 e. The molecule has 0 fully saturated rings. The number of nitro benzene ring substituents is 2. The standard InChI is InChI=1S/C16H16N4O5/c1-11-5-4-6-12(15(11)20(24)25)16(21)18-10-9-17-13-7-2-3-8-14(13)19(22)23/h2-8,17H,9-10H2,1H3,(H,18,21). The smallest absolute Gasteiger partial charge is 0.292 e. The molecule has 0 unspecified atom stereocenters. The average molecular weight is 344 g/mol. The Morgan fingerprint density at radius 3 is 2.40 bits per heavy atom. The molecule has 0 aliphatic rings. The Hall–Kier alpha value is -3.49. The first-order valence-corrected chi connectivity index (χ1v) is 7.41. The Morgan fingerprint density at radius 1 is 1.00 bits per heavy atom. The van der Waals surface area contributed by atoms with Gasteiger partial charge in [-0.1, -0.05) is 24.3 Å². The van der Waals surface area contributed by atoms with Crippen molar-refractivity contribution in [2.75, 3.05) is 18.4 Å². The summed E-state index contributed by atoms with van der Waals surface area (Å²) >= 11 is 0. The first-order valence-electron chi connectivity index (χ1n) is 7.41. The summed E-state index contributed by atoms with van der Waals surface area (Å²) in [4.78, 5) is 33.1. The van der Waals surface area contributed by atoms with Crippen LogP contribution in [0.5, 0.6) is 0 Å². The molecule has 0 heterocycles. The molecule has 2 rings (SSSR count). The van der Waals surface area contributed by atoms with Crippen LogP contribution in [0.2, 0.25) is 0 Å². The van der Waals surface area contributed by atoms with Crippen LogP contribution in [0.1, 0.15) is 15.9 Å². The van der Waals surface area contributed by atoms with E-state index in [1.807, 2.05) is 0 Å². The molecule has 0 saturated heterocycles. The third-order valence-electron chi connectivity index (χ3n) is 3.49. The number of carbonyl (C=O) groups excluding carboxylic acids is 1. The van der Waals surface area contributed by atoms with Crippen molar-refractivity contribution in [3.8, 4) is 0 Å². The topological polar surface area (TPSA) is 127 Å². The second kappa shape index (κ2) is 7.86. The predicted molar refractivity (Wildman–Crippen MR) is 91.8 cm³/mol. The first-order chi connectivity index (χ1) is 11.9. The molecule has 0 aliphatic carbocycles. The van der Waals surface area contributed by atoms with Gasteiger partial charge >= 0.3 is 0 Å². The lowest BCUT2D eigenvalue weighted by Crippen LogP contribution is -2.29. The molecular formula is C16H16N4O5. The Balaban J connectivity index is 1.98. The molecule has 130 valence electrons. The quantitative estimate of drug-likeness (QED) is 0.451. The van der Waals surface area contributed by atoms with Crippen molar-refractivity contribution in [2.45, 2.75) is 6.92 Å². The molecule has 1 amide bonds. The second-order valence-corrected chi connectivity index (χ2v) is 5.19. The number of nitrogens with one attached hydrogen (secondary N) is 2. The van der Waals surface area contributed by atoms with E-state index in [4.69, 9.17) is 0 Å². The summed E-state index contributed by atoms with van der Waals surface area (Å²) in [5.74, 6) is -0.570. The Bertz CT molecular complexity index is 822. The predicted octanol–water partition coefficient (Wildman–Crippen LogP) is 2.65. The molecule has 0 spiro atoms. The normalized spacial score (nSPS) is 10.1. The van der Waals surface area contributed by atoms with Gasteiger partial charge in [0.05, 0.1) is 9.85 Å². The third kappa shape index (κ3) is 4.28. The number of nitro groups is 2. The lowest BCUT2D eigenvalue weighted by Gasteiger charge is -2.09. The van der Waals surface area contributed by atoms with Crippen molar-refractivity contribution >= 4 is 23.0 Å². The van der Waals surface area contributed by atoms with Crippen molar-refractivity contribution < 1.29 is 14.6 Å². The van der Waals surface area contributed by atoms with E-state index in [0.29, 0.717) is 11.3 Å². The van der Waals surface area contributed by atoms with Crippen LogP contribution in [-0.4, -0.2) is 28.8 Å². The van der Waals surface area contributed by atoms with Crippen molar-refractivity contribution in [2.24, 2.45) is 0 Å². The van der Waals surface area contributed by atoms with E-state index in [1.54, 1.807) is 37.3 Å². The zero-order valence-electron chi connectivity index (χ0n) is 13.4. The van der Waals surface area contributed by atoms with Crippen LogP contribution in [0.25, 0.3) is 0 Å². The summed E-state index contributed by atoms with van der Waals surface area (Å²) in [6.45, 7) is 1.94. The van der Waals surface area contributed by atoms with E-state index in [0.717, 1.165) is 0 Å². The number of carbonyl (C=O) groups is 1. The van der Waals surface area contributed by atoms with Gasteiger partial charge in [0.15, 0.2) is 0 Å². The van der Waals surface area contributed by atoms with Gasteiger partial charge in [0.1, 0.15) is 11.3 Å². The van der Waals surface area contributed by atoms with Gasteiger partial charge in [-0.2, -0.15) is 0 Å². The summed E-state index contributed by atoms with van der Waals surface area (Å²) < 4.78 is 0. The minimum atomic E-state index is -0.587. The molecule has 2 aromatic carbocycles. The lowest BCUT2D eigenvalue weighted by molar-refractivity contribution is -0.385. The van der Waals surface area contributed by atoms with E-state index in [2.05, 4.69) is 10.6 Å². The molecule has 0 saturated carbocycles. The number of para-hydroxylation sites is 3. The molecule has 2 N–H and O–H groups in total. The lowest BCUT2D eigenvalue weighted by atomic mass is 10.1. The van der Waals surface area contributed by atoms with Crippen LogP contribution in [0.4, 0.5) is 17.1 Å². The van der Waals surface area contributed by atoms with E-state index in [-0.39, 0.29) is 30.0 Å². The summed E-state index contributed by atoms with van der Waals surface area (Å²) in [7, 11) is 0. The molecule has 0 aliphatic heterocycles. The van der Waals surface area contributed by atoms with Gasteiger partial charge < -0.3 is 10.6 Å². The zero-order chi connectivity index (χ0) is 18.4. The molecular weight excluding hydrogens is 328 g/mol. The van der Waals surface area contributed by atoms with Crippen LogP contribution in [-0.2, 0) is 0 Å². The van der Waals surface area contributed by atoms with E-state index < -0.39 is 15.8 Å². The monoisotopic (exact) mass is 344 g/mol. The van der Waals surface area contributed by atoms with Crippen LogP contribution in [0.3, 0.4) is 0 Å². The van der Waals surface area contributed by atoms with Crippen molar-refractivity contribution in [3.63, 3.8) is 0 Å². The highest BCUT2D eigenvalue weighted by atomic mass is 16.6. The van der Waals surface area contributed by atoms with Crippen molar-refractivity contribution in [1.82, 2.24) is 5.32 Å². The number of hydrogen-bond donors (Lipinski definition) is 2. The van der Waals surface area contributed by atoms with Crippen molar-refractivity contribution in [3.05, 3.63) is 73.8 Å². The summed E-state index contributed by atoms with van der Waals surface area (Å²) in [6, 6.07) is 10.7. The minimum absolute atomic E-state index is 0.0179. The number of hydrogen-bond acceptors (Lipinski definition) is 6. The van der Waals surface area contributed by atoms with Gasteiger partial charge in [0, 0.05) is 24.7 Å². The summed E-state index contributed by atoms with van der Waals surface area (Å²) in [5, 5.41) is 27.5. The van der Waals surface area contributed by atoms with Gasteiger partial charge in [-0.3, -0.25) is 25.0 Å². The zero-order valence-corrected chi connectivity index (χ0v) is 13.4. The molecule has 2 aromatic rings. The molecule has 9 heteroatoms. The molecule has 0 aromatic heterocycles. The maximum Gasteiger partial charge on any atom is 0.292 e. The highest BCUT2D eigenvalue weighted by molar-refractivity contribution is 5.98. The van der Waals surface area contributed by atoms with Crippen LogP contribution in [0, 0.1) is 27.2 Å². The first kappa shape index (κ1) is 17.9. The fourth-order valence-corrected chi connectivity index (χ4v) is 2.34. The molecule has 9 nitrogen and oxygen atoms in total. The molecule has 0 atom stereocenters. The Morgan fingerprint density at radius 2 is 1.72 bits per heavy atom. The average Bonchev–Trinajstić information content (AvgIpc) is 2.58. The Kier molecular flexibility index (Phi) is 5.62. The number of amides is 1. The van der Waals surface area contributed by atoms with Gasteiger partial charge in [-0.25, -0.2) is 0 Å². The van der Waals surface area contributed by atoms with Crippen molar-refractivity contribution in [1.29, 1.82) is 0 Å². The second-order valence-electron chi connectivity index (χ2n) is 5.19. The minimum Gasteiger partial charge on any atom is -0.378 e. The number of aryl methyl sites for hydroxylation is 1.